The standard InChI is InChI=1S/C35H48N4O3/c1-7-38(8-2)34(41-6)28-16-14-27(15-17-28)33-29-20-31(42-23-26-12-10-9-11-13-26)32(40-5)21-35(29,4)18-19-39(33)22-30-25(3)36-24-37-30/h9-17,20,24,31-34H,7-8,18-19,21-23H2,1-6H3,(H,36,37). The molecule has 0 amide bonds. The SMILES string of the molecule is CCN(CC)C(OC)c1ccc(C2C3=CC(OCc4ccccc4)C(OC)CC3(C)CCN2Cc2nc[nH]c2C)cc1. The molecule has 2 aliphatic rings. The maximum Gasteiger partial charge on any atom is 0.136 e. The Hall–Kier alpha value is -2.81. The number of nitrogens with one attached hydrogen (secondary N) is 1. The lowest BCUT2D eigenvalue weighted by molar-refractivity contribution is -0.0722. The Bertz CT molecular complexity index is 1300. The summed E-state index contributed by atoms with van der Waals surface area (Å²) in [6.45, 7) is 13.1. The third-order valence-corrected chi connectivity index (χ3v) is 9.45. The van der Waals surface area contributed by atoms with Gasteiger partial charge >= 0.3 is 0 Å². The maximum absolute atomic E-state index is 6.57. The highest BCUT2D eigenvalue weighted by Crippen LogP contribution is 2.53. The number of aromatic nitrogens is 2. The molecular formula is C35H48N4O3. The average Bonchev–Trinajstić information content (AvgIpc) is 3.43. The van der Waals surface area contributed by atoms with Crippen molar-refractivity contribution in [3.8, 4) is 0 Å². The monoisotopic (exact) mass is 572 g/mol. The number of hydrogen-bond donors (Lipinski definition) is 1. The smallest absolute Gasteiger partial charge is 0.136 e. The zero-order valence-corrected chi connectivity index (χ0v) is 26.2. The van der Waals surface area contributed by atoms with Crippen LogP contribution in [0.15, 0.2) is 72.6 Å². The normalized spacial score (nSPS) is 25.3. The predicted octanol–water partition coefficient (Wildman–Crippen LogP) is 6.59. The lowest BCUT2D eigenvalue weighted by atomic mass is 9.64. The van der Waals surface area contributed by atoms with Gasteiger partial charge in [0.2, 0.25) is 0 Å². The summed E-state index contributed by atoms with van der Waals surface area (Å²) in [5, 5.41) is 0. The first-order valence-electron chi connectivity index (χ1n) is 15.4. The Kier molecular flexibility index (Phi) is 9.96. The van der Waals surface area contributed by atoms with E-state index >= 15 is 0 Å². The molecule has 0 saturated carbocycles. The summed E-state index contributed by atoms with van der Waals surface area (Å²) in [5.41, 5.74) is 7.31. The Morgan fingerprint density at radius 2 is 1.81 bits per heavy atom. The number of H-pyrrole nitrogens is 1. The zero-order valence-electron chi connectivity index (χ0n) is 26.2. The molecule has 7 nitrogen and oxygen atoms in total. The van der Waals surface area contributed by atoms with Crippen LogP contribution in [-0.4, -0.2) is 65.8 Å². The highest BCUT2D eigenvalue weighted by atomic mass is 16.5. The molecule has 1 aliphatic heterocycles. The van der Waals surface area contributed by atoms with Crippen molar-refractivity contribution in [3.63, 3.8) is 0 Å². The quantitative estimate of drug-likeness (QED) is 0.195. The topological polar surface area (TPSA) is 62.9 Å². The van der Waals surface area contributed by atoms with Crippen LogP contribution in [0.1, 0.15) is 74.0 Å². The third kappa shape index (κ3) is 6.41. The van der Waals surface area contributed by atoms with Crippen LogP contribution in [-0.2, 0) is 27.4 Å². The van der Waals surface area contributed by atoms with Crippen molar-refractivity contribution < 1.29 is 14.2 Å². The van der Waals surface area contributed by atoms with Gasteiger partial charge in [-0.2, -0.15) is 0 Å². The maximum atomic E-state index is 6.57. The van der Waals surface area contributed by atoms with Gasteiger partial charge in [-0.1, -0.05) is 81.4 Å². The molecule has 3 aromatic rings. The first-order chi connectivity index (χ1) is 20.4. The number of aromatic amines is 1. The summed E-state index contributed by atoms with van der Waals surface area (Å²) in [4.78, 5) is 12.9. The predicted molar refractivity (Wildman–Crippen MR) is 167 cm³/mol. The van der Waals surface area contributed by atoms with E-state index < -0.39 is 0 Å². The molecule has 1 fully saturated rings. The fourth-order valence-electron chi connectivity index (χ4n) is 6.88. The number of aryl methyl sites for hydroxylation is 1. The fraction of sp³-hybridized carbons (Fsp3) is 0.514. The minimum atomic E-state index is -0.118. The average molecular weight is 573 g/mol. The number of ether oxygens (including phenoxy) is 3. The number of piperidine rings is 1. The first kappa shape index (κ1) is 30.6. The van der Waals surface area contributed by atoms with Crippen LogP contribution in [0.4, 0.5) is 0 Å². The van der Waals surface area contributed by atoms with E-state index in [9.17, 15) is 0 Å². The largest absolute Gasteiger partial charge is 0.378 e. The van der Waals surface area contributed by atoms with Crippen molar-refractivity contribution >= 4 is 0 Å². The number of likely N-dealkylation sites (tertiary alicyclic amines) is 1. The number of fused-ring (bicyclic) bond motifs is 1. The van der Waals surface area contributed by atoms with Gasteiger partial charge < -0.3 is 19.2 Å². The molecule has 1 aromatic heterocycles. The molecule has 0 spiro atoms. The van der Waals surface area contributed by atoms with Crippen LogP contribution in [0, 0.1) is 12.3 Å². The summed E-state index contributed by atoms with van der Waals surface area (Å²) in [6, 6.07) is 19.6. The molecule has 226 valence electrons. The van der Waals surface area contributed by atoms with Gasteiger partial charge in [0.25, 0.3) is 0 Å². The number of nitrogens with zero attached hydrogens (tertiary/aromatic N) is 3. The van der Waals surface area contributed by atoms with Gasteiger partial charge in [0, 0.05) is 33.0 Å². The lowest BCUT2D eigenvalue weighted by Crippen LogP contribution is -2.49. The zero-order chi connectivity index (χ0) is 29.7. The van der Waals surface area contributed by atoms with Crippen molar-refractivity contribution in [2.45, 2.75) is 78.2 Å². The van der Waals surface area contributed by atoms with Crippen LogP contribution < -0.4 is 0 Å². The second-order valence-electron chi connectivity index (χ2n) is 12.0. The van der Waals surface area contributed by atoms with Crippen LogP contribution in [0.25, 0.3) is 0 Å². The van der Waals surface area contributed by atoms with Gasteiger partial charge in [0.05, 0.1) is 30.8 Å². The van der Waals surface area contributed by atoms with Crippen LogP contribution in [0.2, 0.25) is 0 Å². The van der Waals surface area contributed by atoms with E-state index in [4.69, 9.17) is 14.2 Å². The van der Waals surface area contributed by atoms with Gasteiger partial charge in [-0.15, -0.1) is 0 Å². The van der Waals surface area contributed by atoms with E-state index in [1.807, 2.05) is 13.2 Å². The van der Waals surface area contributed by atoms with Gasteiger partial charge in [0.1, 0.15) is 12.3 Å². The van der Waals surface area contributed by atoms with Gasteiger partial charge in [0.15, 0.2) is 0 Å². The third-order valence-electron chi connectivity index (χ3n) is 9.45. The number of benzene rings is 2. The van der Waals surface area contributed by atoms with E-state index in [1.165, 1.54) is 22.3 Å². The second kappa shape index (κ2) is 13.7. The second-order valence-corrected chi connectivity index (χ2v) is 12.0. The van der Waals surface area contributed by atoms with Crippen molar-refractivity contribution in [2.75, 3.05) is 33.9 Å². The summed E-state index contributed by atoms with van der Waals surface area (Å²) in [5.74, 6) is 0. The summed E-state index contributed by atoms with van der Waals surface area (Å²) >= 11 is 0. The molecular weight excluding hydrogens is 524 g/mol. The molecule has 2 heterocycles. The molecule has 5 atom stereocenters. The Labute approximate surface area is 251 Å². The molecule has 0 bridgehead atoms. The van der Waals surface area contributed by atoms with E-state index in [1.54, 1.807) is 13.4 Å². The summed E-state index contributed by atoms with van der Waals surface area (Å²) in [6.07, 6.45) is 6.03. The number of hydrogen-bond acceptors (Lipinski definition) is 6. The van der Waals surface area contributed by atoms with Crippen molar-refractivity contribution in [1.82, 2.24) is 19.8 Å². The van der Waals surface area contributed by atoms with E-state index in [0.717, 1.165) is 50.4 Å². The van der Waals surface area contributed by atoms with Crippen LogP contribution in [0.5, 0.6) is 0 Å². The Morgan fingerprint density at radius 1 is 1.07 bits per heavy atom. The van der Waals surface area contributed by atoms with Gasteiger partial charge in [-0.05, 0) is 60.5 Å². The minimum absolute atomic E-state index is 0.0159. The van der Waals surface area contributed by atoms with Crippen molar-refractivity contribution in [2.24, 2.45) is 5.41 Å². The van der Waals surface area contributed by atoms with E-state index in [2.05, 4.69) is 102 Å². The Morgan fingerprint density at radius 3 is 2.43 bits per heavy atom. The molecule has 42 heavy (non-hydrogen) atoms. The lowest BCUT2D eigenvalue weighted by Gasteiger charge is -2.52. The fourth-order valence-corrected chi connectivity index (χ4v) is 6.88. The van der Waals surface area contributed by atoms with Crippen molar-refractivity contribution in [3.05, 3.63) is 101 Å². The van der Waals surface area contributed by atoms with E-state index in [-0.39, 0.29) is 29.9 Å². The number of rotatable bonds is 12. The highest BCUT2D eigenvalue weighted by molar-refractivity contribution is 5.38. The van der Waals surface area contributed by atoms with Crippen LogP contribution in [0.3, 0.4) is 0 Å². The summed E-state index contributed by atoms with van der Waals surface area (Å²) in [7, 11) is 3.62. The molecule has 0 radical (unpaired) electrons. The number of imidazole rings is 1. The minimum Gasteiger partial charge on any atom is -0.378 e. The summed E-state index contributed by atoms with van der Waals surface area (Å²) < 4.78 is 18.6. The molecule has 2 aromatic carbocycles. The molecule has 5 unspecified atom stereocenters. The van der Waals surface area contributed by atoms with Crippen LogP contribution >= 0.6 is 0 Å². The molecule has 1 saturated heterocycles. The molecule has 7 heteroatoms. The molecule has 1 N–H and O–H groups in total. The van der Waals surface area contributed by atoms with Gasteiger partial charge in [-0.3, -0.25) is 9.80 Å². The molecule has 5 rings (SSSR count). The number of methoxy groups -OCH3 is 2. The van der Waals surface area contributed by atoms with Gasteiger partial charge in [-0.25, -0.2) is 4.98 Å². The molecule has 1 aliphatic carbocycles. The highest BCUT2D eigenvalue weighted by Gasteiger charge is 2.47. The Balaban J connectivity index is 1.52. The van der Waals surface area contributed by atoms with Crippen molar-refractivity contribution in [1.29, 1.82) is 0 Å². The first-order valence-corrected chi connectivity index (χ1v) is 15.4. The van der Waals surface area contributed by atoms with E-state index in [0.29, 0.717) is 6.61 Å².